The SMILES string of the molecule is CC(C)Oc1cc(N(C)CCC(=O)O)ccc1[N+](=O)[O-]. The quantitative estimate of drug-likeness (QED) is 0.609. The molecule has 7 nitrogen and oxygen atoms in total. The van der Waals surface area contributed by atoms with Gasteiger partial charge >= 0.3 is 11.7 Å². The van der Waals surface area contributed by atoms with Crippen molar-refractivity contribution in [2.24, 2.45) is 0 Å². The molecule has 0 saturated heterocycles. The van der Waals surface area contributed by atoms with Crippen molar-refractivity contribution in [3.05, 3.63) is 28.3 Å². The van der Waals surface area contributed by atoms with Gasteiger partial charge in [0, 0.05) is 31.4 Å². The van der Waals surface area contributed by atoms with Gasteiger partial charge in [0.15, 0.2) is 5.75 Å². The number of hydrogen-bond acceptors (Lipinski definition) is 5. The lowest BCUT2D eigenvalue weighted by atomic mass is 10.2. The van der Waals surface area contributed by atoms with Crippen LogP contribution in [-0.4, -0.2) is 35.7 Å². The third-order valence-electron chi connectivity index (χ3n) is 2.60. The molecule has 0 saturated carbocycles. The highest BCUT2D eigenvalue weighted by atomic mass is 16.6. The van der Waals surface area contributed by atoms with Crippen LogP contribution in [0.25, 0.3) is 0 Å². The number of nitro groups is 1. The van der Waals surface area contributed by atoms with Crippen LogP contribution >= 0.6 is 0 Å². The first kappa shape index (κ1) is 15.7. The number of benzene rings is 1. The number of carbonyl (C=O) groups is 1. The standard InChI is InChI=1S/C13H18N2O5/c1-9(2)20-12-8-10(4-5-11(12)15(18)19)14(3)7-6-13(16)17/h4-5,8-9H,6-7H2,1-3H3,(H,16,17). The van der Waals surface area contributed by atoms with Crippen LogP contribution in [0.5, 0.6) is 5.75 Å². The van der Waals surface area contributed by atoms with Gasteiger partial charge in [-0.15, -0.1) is 0 Å². The number of anilines is 1. The molecule has 110 valence electrons. The number of carboxylic acids is 1. The highest BCUT2D eigenvalue weighted by Gasteiger charge is 2.18. The molecule has 0 spiro atoms. The Kier molecular flexibility index (Phi) is 5.31. The topological polar surface area (TPSA) is 92.9 Å². The summed E-state index contributed by atoms with van der Waals surface area (Å²) in [6, 6.07) is 4.50. The van der Waals surface area contributed by atoms with E-state index in [0.717, 1.165) is 0 Å². The van der Waals surface area contributed by atoms with E-state index in [1.54, 1.807) is 37.9 Å². The van der Waals surface area contributed by atoms with Crippen LogP contribution in [0.1, 0.15) is 20.3 Å². The van der Waals surface area contributed by atoms with Crippen molar-refractivity contribution in [3.8, 4) is 5.75 Å². The molecule has 0 aliphatic heterocycles. The molecule has 0 unspecified atom stereocenters. The Hall–Kier alpha value is -2.31. The first-order valence-electron chi connectivity index (χ1n) is 6.19. The summed E-state index contributed by atoms with van der Waals surface area (Å²) in [6.07, 6.45) is -0.193. The molecule has 0 aliphatic rings. The van der Waals surface area contributed by atoms with E-state index in [1.807, 2.05) is 0 Å². The largest absolute Gasteiger partial charge is 0.484 e. The average molecular weight is 282 g/mol. The number of aliphatic carboxylic acids is 1. The molecule has 0 bridgehead atoms. The summed E-state index contributed by atoms with van der Waals surface area (Å²) in [5.41, 5.74) is 0.571. The minimum Gasteiger partial charge on any atom is -0.484 e. The zero-order valence-electron chi connectivity index (χ0n) is 11.7. The van der Waals surface area contributed by atoms with E-state index in [0.29, 0.717) is 12.2 Å². The Morgan fingerprint density at radius 2 is 2.15 bits per heavy atom. The van der Waals surface area contributed by atoms with Crippen molar-refractivity contribution in [1.29, 1.82) is 0 Å². The molecule has 1 aromatic carbocycles. The van der Waals surface area contributed by atoms with Gasteiger partial charge in [-0.2, -0.15) is 0 Å². The number of nitro benzene ring substituents is 1. The van der Waals surface area contributed by atoms with Gasteiger partial charge in [0.2, 0.25) is 0 Å². The van der Waals surface area contributed by atoms with E-state index in [4.69, 9.17) is 9.84 Å². The summed E-state index contributed by atoms with van der Waals surface area (Å²) < 4.78 is 5.44. The minimum absolute atomic E-state index is 0.00609. The number of carboxylic acid groups (broad SMARTS) is 1. The molecule has 20 heavy (non-hydrogen) atoms. The van der Waals surface area contributed by atoms with E-state index >= 15 is 0 Å². The van der Waals surface area contributed by atoms with Crippen LogP contribution in [0, 0.1) is 10.1 Å². The van der Waals surface area contributed by atoms with E-state index < -0.39 is 10.9 Å². The molecule has 7 heteroatoms. The lowest BCUT2D eigenvalue weighted by molar-refractivity contribution is -0.386. The Morgan fingerprint density at radius 1 is 1.50 bits per heavy atom. The van der Waals surface area contributed by atoms with Gasteiger partial charge in [0.1, 0.15) is 0 Å². The van der Waals surface area contributed by atoms with Crippen LogP contribution in [-0.2, 0) is 4.79 Å². The molecule has 0 amide bonds. The zero-order valence-corrected chi connectivity index (χ0v) is 11.7. The zero-order chi connectivity index (χ0) is 15.3. The van der Waals surface area contributed by atoms with Gasteiger partial charge in [-0.05, 0) is 19.9 Å². The summed E-state index contributed by atoms with van der Waals surface area (Å²) in [5, 5.41) is 19.6. The fourth-order valence-electron chi connectivity index (χ4n) is 1.63. The first-order valence-corrected chi connectivity index (χ1v) is 6.19. The second-order valence-corrected chi connectivity index (χ2v) is 4.64. The monoisotopic (exact) mass is 282 g/mol. The molecular formula is C13H18N2O5. The van der Waals surface area contributed by atoms with Crippen molar-refractivity contribution in [1.82, 2.24) is 0 Å². The van der Waals surface area contributed by atoms with Crippen molar-refractivity contribution in [3.63, 3.8) is 0 Å². The predicted octanol–water partition coefficient (Wildman–Crippen LogP) is 2.29. The smallest absolute Gasteiger partial charge is 0.311 e. The fourth-order valence-corrected chi connectivity index (χ4v) is 1.63. The molecular weight excluding hydrogens is 264 g/mol. The maximum absolute atomic E-state index is 10.9. The molecule has 0 atom stereocenters. The van der Waals surface area contributed by atoms with Gasteiger partial charge in [-0.3, -0.25) is 14.9 Å². The van der Waals surface area contributed by atoms with Crippen molar-refractivity contribution in [2.45, 2.75) is 26.4 Å². The summed E-state index contributed by atoms with van der Waals surface area (Å²) in [4.78, 5) is 22.7. The molecule has 0 aromatic heterocycles. The number of hydrogen-bond donors (Lipinski definition) is 1. The van der Waals surface area contributed by atoms with Crippen LogP contribution in [0.15, 0.2) is 18.2 Å². The van der Waals surface area contributed by atoms with Gasteiger partial charge in [0.05, 0.1) is 17.4 Å². The number of rotatable bonds is 7. The lowest BCUT2D eigenvalue weighted by Gasteiger charge is -2.19. The molecule has 0 aliphatic carbocycles. The van der Waals surface area contributed by atoms with Gasteiger partial charge in [-0.25, -0.2) is 0 Å². The highest BCUT2D eigenvalue weighted by Crippen LogP contribution is 2.32. The van der Waals surface area contributed by atoms with Gasteiger partial charge in [-0.1, -0.05) is 0 Å². The highest BCUT2D eigenvalue weighted by molar-refractivity contribution is 5.68. The van der Waals surface area contributed by atoms with E-state index in [2.05, 4.69) is 0 Å². The van der Waals surface area contributed by atoms with Crippen LogP contribution < -0.4 is 9.64 Å². The molecule has 1 N–H and O–H groups in total. The Bertz CT molecular complexity index is 502. The molecule has 0 heterocycles. The summed E-state index contributed by atoms with van der Waals surface area (Å²) in [6.45, 7) is 3.88. The molecule has 0 fully saturated rings. The summed E-state index contributed by atoms with van der Waals surface area (Å²) >= 11 is 0. The lowest BCUT2D eigenvalue weighted by Crippen LogP contribution is -2.21. The maximum Gasteiger partial charge on any atom is 0.311 e. The fraction of sp³-hybridized carbons (Fsp3) is 0.462. The summed E-state index contributed by atoms with van der Waals surface area (Å²) in [5.74, 6) is -0.706. The number of ether oxygens (including phenoxy) is 1. The van der Waals surface area contributed by atoms with Crippen molar-refractivity contribution >= 4 is 17.3 Å². The van der Waals surface area contributed by atoms with E-state index in [-0.39, 0.29) is 24.0 Å². The Labute approximate surface area is 116 Å². The van der Waals surface area contributed by atoms with Gasteiger partial charge in [0.25, 0.3) is 0 Å². The van der Waals surface area contributed by atoms with Crippen molar-refractivity contribution < 1.29 is 19.6 Å². The molecule has 0 radical (unpaired) electrons. The minimum atomic E-state index is -0.891. The number of nitrogens with zero attached hydrogens (tertiary/aromatic N) is 2. The van der Waals surface area contributed by atoms with E-state index in [1.165, 1.54) is 6.07 Å². The molecule has 1 aromatic rings. The maximum atomic E-state index is 10.9. The van der Waals surface area contributed by atoms with Crippen LogP contribution in [0.4, 0.5) is 11.4 Å². The second-order valence-electron chi connectivity index (χ2n) is 4.64. The normalized spacial score (nSPS) is 10.4. The average Bonchev–Trinajstić information content (AvgIpc) is 2.34. The third kappa shape index (κ3) is 4.42. The predicted molar refractivity (Wildman–Crippen MR) is 74.4 cm³/mol. The van der Waals surface area contributed by atoms with Crippen LogP contribution in [0.3, 0.4) is 0 Å². The Balaban J connectivity index is 2.99. The molecule has 1 rings (SSSR count). The van der Waals surface area contributed by atoms with E-state index in [9.17, 15) is 14.9 Å². The third-order valence-corrected chi connectivity index (χ3v) is 2.60. The Morgan fingerprint density at radius 3 is 2.65 bits per heavy atom. The van der Waals surface area contributed by atoms with Crippen molar-refractivity contribution in [2.75, 3.05) is 18.5 Å². The van der Waals surface area contributed by atoms with Gasteiger partial charge < -0.3 is 14.7 Å². The first-order chi connectivity index (χ1) is 9.31. The second kappa shape index (κ2) is 6.74. The van der Waals surface area contributed by atoms with Crippen LogP contribution in [0.2, 0.25) is 0 Å². The summed E-state index contributed by atoms with van der Waals surface area (Å²) in [7, 11) is 1.73.